The first kappa shape index (κ1) is 22.2. The van der Waals surface area contributed by atoms with Gasteiger partial charge in [0.1, 0.15) is 11.6 Å². The number of nitrogens with one attached hydrogen (secondary N) is 1. The molecule has 7 nitrogen and oxygen atoms in total. The molecule has 0 aliphatic carbocycles. The van der Waals surface area contributed by atoms with Crippen molar-refractivity contribution >= 4 is 33.4 Å². The van der Waals surface area contributed by atoms with Crippen LogP contribution in [0.25, 0.3) is 21.7 Å². The van der Waals surface area contributed by atoms with Crippen LogP contribution in [-0.2, 0) is 19.5 Å². The van der Waals surface area contributed by atoms with Crippen LogP contribution in [0.5, 0.6) is 0 Å². The third-order valence-corrected chi connectivity index (χ3v) is 6.99. The number of rotatable bonds is 4. The Balaban J connectivity index is 1.28. The maximum Gasteiger partial charge on any atom is 0.261 e. The molecule has 36 heavy (non-hydrogen) atoms. The first-order chi connectivity index (χ1) is 17.7. The maximum absolute atomic E-state index is 13.2. The Labute approximate surface area is 208 Å². The molecule has 0 saturated heterocycles. The van der Waals surface area contributed by atoms with Crippen molar-refractivity contribution in [3.05, 3.63) is 100 Å². The van der Waals surface area contributed by atoms with E-state index in [9.17, 15) is 9.59 Å². The summed E-state index contributed by atoms with van der Waals surface area (Å²) in [6.45, 7) is 1.24. The second-order valence-corrected chi connectivity index (χ2v) is 9.35. The van der Waals surface area contributed by atoms with Gasteiger partial charge in [-0.15, -0.1) is 0 Å². The van der Waals surface area contributed by atoms with Gasteiger partial charge in [-0.05, 0) is 47.4 Å². The maximum atomic E-state index is 13.2. The largest absolute Gasteiger partial charge is 0.307 e. The lowest BCUT2D eigenvalue weighted by Crippen LogP contribution is -2.26. The van der Waals surface area contributed by atoms with Crippen molar-refractivity contribution in [1.29, 1.82) is 0 Å². The molecular weight excluding hydrogens is 450 g/mol. The van der Waals surface area contributed by atoms with Gasteiger partial charge in [0, 0.05) is 24.6 Å². The van der Waals surface area contributed by atoms with Gasteiger partial charge in [-0.1, -0.05) is 55.3 Å². The molecule has 180 valence electrons. The fourth-order valence-electron chi connectivity index (χ4n) is 5.08. The third kappa shape index (κ3) is 4.17. The lowest BCUT2D eigenvalue weighted by Gasteiger charge is -2.16. The van der Waals surface area contributed by atoms with E-state index in [1.807, 2.05) is 22.8 Å². The molecule has 0 atom stereocenters. The highest BCUT2D eigenvalue weighted by Gasteiger charge is 2.16. The SMILES string of the molecule is O=C(Nc1ccnn1Cc1cccc2ccccc12)c1ccc2c(=O)n3c(nc2c1)CCCCCC3. The van der Waals surface area contributed by atoms with Crippen LogP contribution in [0.4, 0.5) is 5.82 Å². The summed E-state index contributed by atoms with van der Waals surface area (Å²) in [6, 6.07) is 21.4. The molecule has 2 aromatic heterocycles. The minimum Gasteiger partial charge on any atom is -0.307 e. The van der Waals surface area contributed by atoms with Gasteiger partial charge in [-0.2, -0.15) is 5.10 Å². The molecule has 0 radical (unpaired) electrons. The second-order valence-electron chi connectivity index (χ2n) is 9.35. The minimum absolute atomic E-state index is 0.0166. The van der Waals surface area contributed by atoms with E-state index in [4.69, 9.17) is 4.98 Å². The van der Waals surface area contributed by atoms with E-state index in [1.54, 1.807) is 35.1 Å². The molecule has 7 heteroatoms. The number of hydrogen-bond donors (Lipinski definition) is 1. The zero-order valence-electron chi connectivity index (χ0n) is 20.0. The predicted molar refractivity (Wildman–Crippen MR) is 141 cm³/mol. The van der Waals surface area contributed by atoms with Crippen LogP contribution < -0.4 is 10.9 Å². The van der Waals surface area contributed by atoms with E-state index < -0.39 is 0 Å². The van der Waals surface area contributed by atoms with Crippen molar-refractivity contribution in [3.63, 3.8) is 0 Å². The summed E-state index contributed by atoms with van der Waals surface area (Å²) in [5.41, 5.74) is 2.14. The minimum atomic E-state index is -0.259. The van der Waals surface area contributed by atoms with Gasteiger partial charge in [0.2, 0.25) is 0 Å². The third-order valence-electron chi connectivity index (χ3n) is 6.99. The van der Waals surface area contributed by atoms with Crippen molar-refractivity contribution in [1.82, 2.24) is 19.3 Å². The molecule has 1 N–H and O–H groups in total. The number of amides is 1. The van der Waals surface area contributed by atoms with Gasteiger partial charge in [0.25, 0.3) is 11.5 Å². The van der Waals surface area contributed by atoms with E-state index in [1.165, 1.54) is 5.39 Å². The fraction of sp³-hybridized carbons (Fsp3) is 0.241. The number of carbonyl (C=O) groups excluding carboxylic acids is 1. The van der Waals surface area contributed by atoms with Crippen molar-refractivity contribution in [2.45, 2.75) is 45.2 Å². The molecule has 0 unspecified atom stereocenters. The zero-order valence-corrected chi connectivity index (χ0v) is 20.0. The molecule has 6 rings (SSSR count). The van der Waals surface area contributed by atoms with Gasteiger partial charge in [-0.3, -0.25) is 14.2 Å². The summed E-state index contributed by atoms with van der Waals surface area (Å²) in [5.74, 6) is 1.17. The molecule has 0 spiro atoms. The molecule has 0 bridgehead atoms. The molecule has 5 aromatic rings. The molecule has 3 heterocycles. The molecule has 0 fully saturated rings. The number of carbonyl (C=O) groups is 1. The van der Waals surface area contributed by atoms with Crippen LogP contribution in [0.15, 0.2) is 77.7 Å². The van der Waals surface area contributed by atoms with Gasteiger partial charge in [0.15, 0.2) is 0 Å². The van der Waals surface area contributed by atoms with Crippen molar-refractivity contribution in [2.24, 2.45) is 0 Å². The summed E-state index contributed by atoms with van der Waals surface area (Å²) in [5, 5.41) is 10.3. The summed E-state index contributed by atoms with van der Waals surface area (Å²) >= 11 is 0. The average Bonchev–Trinajstić information content (AvgIpc) is 3.31. The van der Waals surface area contributed by atoms with Gasteiger partial charge in [-0.25, -0.2) is 9.67 Å². The van der Waals surface area contributed by atoms with Crippen molar-refractivity contribution in [2.75, 3.05) is 5.32 Å². The van der Waals surface area contributed by atoms with E-state index in [0.717, 1.165) is 48.9 Å². The highest BCUT2D eigenvalue weighted by atomic mass is 16.2. The standard InChI is InChI=1S/C29H27N5O2/c35-28(21-13-14-24-25(18-21)31-26-12-3-1-2-6-17-33(26)29(24)36)32-27-15-16-30-34(27)19-22-10-7-9-20-8-4-5-11-23(20)22/h4-5,7-11,13-16,18H,1-3,6,12,17,19H2,(H,32,35). The van der Waals surface area contributed by atoms with Crippen molar-refractivity contribution < 1.29 is 4.79 Å². The van der Waals surface area contributed by atoms with Crippen molar-refractivity contribution in [3.8, 4) is 0 Å². The highest BCUT2D eigenvalue weighted by Crippen LogP contribution is 2.22. The molecule has 1 aliphatic rings. The number of hydrogen-bond acceptors (Lipinski definition) is 4. The van der Waals surface area contributed by atoms with Crippen LogP contribution in [0, 0.1) is 0 Å². The molecule has 1 amide bonds. The van der Waals surface area contributed by atoms with Gasteiger partial charge in [0.05, 0.1) is 23.6 Å². The lowest BCUT2D eigenvalue weighted by atomic mass is 10.0. The Morgan fingerprint density at radius 2 is 1.78 bits per heavy atom. The molecule has 0 saturated carbocycles. The quantitative estimate of drug-likeness (QED) is 0.388. The zero-order chi connectivity index (χ0) is 24.5. The normalized spacial score (nSPS) is 13.8. The van der Waals surface area contributed by atoms with Gasteiger partial charge < -0.3 is 5.32 Å². The first-order valence-corrected chi connectivity index (χ1v) is 12.5. The van der Waals surface area contributed by atoms with Crippen LogP contribution >= 0.6 is 0 Å². The smallest absolute Gasteiger partial charge is 0.261 e. The Bertz CT molecular complexity index is 1640. The highest BCUT2D eigenvalue weighted by molar-refractivity contribution is 6.05. The van der Waals surface area contributed by atoms with Gasteiger partial charge >= 0.3 is 0 Å². The van der Waals surface area contributed by atoms with Crippen LogP contribution in [0.1, 0.15) is 47.4 Å². The first-order valence-electron chi connectivity index (χ1n) is 12.5. The predicted octanol–water partition coefficient (Wildman–Crippen LogP) is 5.16. The number of fused-ring (bicyclic) bond motifs is 3. The fourth-order valence-corrected chi connectivity index (χ4v) is 5.08. The Kier molecular flexibility index (Phi) is 5.81. The van der Waals surface area contributed by atoms with E-state index >= 15 is 0 Å². The lowest BCUT2D eigenvalue weighted by molar-refractivity contribution is 0.102. The second kappa shape index (κ2) is 9.41. The number of anilines is 1. The topological polar surface area (TPSA) is 81.8 Å². The average molecular weight is 478 g/mol. The summed E-state index contributed by atoms with van der Waals surface area (Å²) in [4.78, 5) is 31.1. The summed E-state index contributed by atoms with van der Waals surface area (Å²) < 4.78 is 3.60. The van der Waals surface area contributed by atoms with Crippen LogP contribution in [-0.4, -0.2) is 25.2 Å². The Morgan fingerprint density at radius 1 is 0.917 bits per heavy atom. The Hall–Kier alpha value is -4.26. The van der Waals surface area contributed by atoms with E-state index in [2.05, 4.69) is 34.7 Å². The van der Waals surface area contributed by atoms with E-state index in [0.29, 0.717) is 35.4 Å². The van der Waals surface area contributed by atoms with Crippen LogP contribution in [0.2, 0.25) is 0 Å². The number of aryl methyl sites for hydroxylation is 1. The monoisotopic (exact) mass is 477 g/mol. The number of nitrogens with zero attached hydrogens (tertiary/aromatic N) is 4. The molecular formula is C29H27N5O2. The summed E-state index contributed by atoms with van der Waals surface area (Å²) in [6.07, 6.45) is 6.78. The number of benzene rings is 3. The van der Waals surface area contributed by atoms with E-state index in [-0.39, 0.29) is 11.5 Å². The summed E-state index contributed by atoms with van der Waals surface area (Å²) in [7, 11) is 0. The van der Waals surface area contributed by atoms with Crippen LogP contribution in [0.3, 0.4) is 0 Å². The molecule has 1 aliphatic heterocycles. The molecule has 3 aromatic carbocycles. The number of aromatic nitrogens is 4. The Morgan fingerprint density at radius 3 is 2.72 bits per heavy atom.